The predicted octanol–water partition coefficient (Wildman–Crippen LogP) is 0.392. The van der Waals surface area contributed by atoms with E-state index in [4.69, 9.17) is 5.11 Å². The van der Waals surface area contributed by atoms with Crippen LogP contribution in [0.3, 0.4) is 0 Å². The summed E-state index contributed by atoms with van der Waals surface area (Å²) in [6.45, 7) is 10.4. The molecule has 0 aliphatic carbocycles. The zero-order chi connectivity index (χ0) is 14.5. The maximum absolute atomic E-state index is 10.7. The minimum atomic E-state index is -1.03. The van der Waals surface area contributed by atoms with Crippen LogP contribution in [-0.4, -0.2) is 74.6 Å². The van der Waals surface area contributed by atoms with E-state index in [1.54, 1.807) is 4.68 Å². The van der Waals surface area contributed by atoms with E-state index in [9.17, 15) is 4.79 Å². The third-order valence-electron chi connectivity index (χ3n) is 3.98. The molecule has 1 aliphatic rings. The number of hydrogen-bond donors (Lipinski definition) is 1. The summed E-state index contributed by atoms with van der Waals surface area (Å²) in [6.07, 6.45) is 2.69. The normalized spacial score (nSPS) is 19.9. The molecule has 20 heavy (non-hydrogen) atoms. The van der Waals surface area contributed by atoms with Gasteiger partial charge < -0.3 is 5.11 Å². The Hall–Kier alpha value is -1.47. The van der Waals surface area contributed by atoms with Crippen molar-refractivity contribution in [3.05, 3.63) is 11.9 Å². The lowest BCUT2D eigenvalue weighted by Crippen LogP contribution is -2.37. The van der Waals surface area contributed by atoms with Gasteiger partial charge in [0.2, 0.25) is 0 Å². The van der Waals surface area contributed by atoms with Crippen molar-refractivity contribution in [1.29, 1.82) is 0 Å². The Labute approximate surface area is 119 Å². The van der Waals surface area contributed by atoms with Crippen LogP contribution in [0, 0.1) is 0 Å². The number of carbonyl (C=O) groups is 1. The lowest BCUT2D eigenvalue weighted by Gasteiger charge is -2.26. The van der Waals surface area contributed by atoms with Crippen LogP contribution in [0.1, 0.15) is 30.8 Å². The first-order valence-electron chi connectivity index (χ1n) is 7.23. The van der Waals surface area contributed by atoms with Crippen molar-refractivity contribution in [1.82, 2.24) is 24.8 Å². The fourth-order valence-corrected chi connectivity index (χ4v) is 2.80. The predicted molar refractivity (Wildman–Crippen MR) is 74.7 cm³/mol. The molecule has 1 fully saturated rings. The van der Waals surface area contributed by atoms with Crippen LogP contribution in [-0.2, 0) is 6.54 Å². The number of carboxylic acids is 1. The molecule has 112 valence electrons. The van der Waals surface area contributed by atoms with Crippen molar-refractivity contribution < 1.29 is 9.90 Å². The van der Waals surface area contributed by atoms with E-state index in [-0.39, 0.29) is 5.69 Å². The summed E-state index contributed by atoms with van der Waals surface area (Å²) in [7, 11) is 0. The van der Waals surface area contributed by atoms with Gasteiger partial charge in [-0.2, -0.15) is 0 Å². The fourth-order valence-electron chi connectivity index (χ4n) is 2.80. The minimum Gasteiger partial charge on any atom is -0.476 e. The van der Waals surface area contributed by atoms with Crippen LogP contribution in [0.4, 0.5) is 0 Å². The second kappa shape index (κ2) is 6.81. The molecular weight excluding hydrogens is 258 g/mol. The molecule has 0 aromatic carbocycles. The Morgan fingerprint density at radius 2 is 2.20 bits per heavy atom. The Bertz CT molecular complexity index is 444. The third-order valence-corrected chi connectivity index (χ3v) is 3.98. The van der Waals surface area contributed by atoms with E-state index in [2.05, 4.69) is 34.0 Å². The Morgan fingerprint density at radius 1 is 1.45 bits per heavy atom. The maximum Gasteiger partial charge on any atom is 0.358 e. The van der Waals surface area contributed by atoms with Crippen molar-refractivity contribution in [2.24, 2.45) is 0 Å². The van der Waals surface area contributed by atoms with Crippen molar-refractivity contribution in [2.75, 3.05) is 32.7 Å². The molecule has 0 radical (unpaired) electrons. The Kier molecular flexibility index (Phi) is 5.08. The van der Waals surface area contributed by atoms with Crippen molar-refractivity contribution in [2.45, 2.75) is 32.9 Å². The quantitative estimate of drug-likeness (QED) is 0.779. The zero-order valence-electron chi connectivity index (χ0n) is 12.2. The summed E-state index contributed by atoms with van der Waals surface area (Å²) in [5.41, 5.74) is 0.00689. The largest absolute Gasteiger partial charge is 0.476 e. The van der Waals surface area contributed by atoms with Gasteiger partial charge in [-0.05, 0) is 26.1 Å². The molecule has 0 spiro atoms. The Balaban J connectivity index is 1.79. The second-order valence-electron chi connectivity index (χ2n) is 5.14. The highest BCUT2D eigenvalue weighted by Crippen LogP contribution is 2.15. The lowest BCUT2D eigenvalue weighted by atomic mass is 10.2. The molecule has 1 aliphatic heterocycles. The van der Waals surface area contributed by atoms with E-state index < -0.39 is 5.97 Å². The maximum atomic E-state index is 10.7. The van der Waals surface area contributed by atoms with Crippen LogP contribution < -0.4 is 0 Å². The summed E-state index contributed by atoms with van der Waals surface area (Å²) in [6, 6.07) is 0.648. The van der Waals surface area contributed by atoms with Gasteiger partial charge in [0, 0.05) is 19.1 Å². The standard InChI is InChI=1S/C13H23N5O2/c1-3-17(4-2)11-5-6-16(9-11)7-8-18-10-12(13(19)20)14-15-18/h10-11H,3-9H2,1-2H3,(H,19,20). The summed E-state index contributed by atoms with van der Waals surface area (Å²) < 4.78 is 1.61. The molecule has 1 saturated heterocycles. The summed E-state index contributed by atoms with van der Waals surface area (Å²) in [5, 5.41) is 16.2. The second-order valence-corrected chi connectivity index (χ2v) is 5.14. The Morgan fingerprint density at radius 3 is 2.80 bits per heavy atom. The molecule has 0 amide bonds. The van der Waals surface area contributed by atoms with E-state index in [0.29, 0.717) is 12.6 Å². The number of nitrogens with zero attached hydrogens (tertiary/aromatic N) is 5. The number of aromatic nitrogens is 3. The molecular formula is C13H23N5O2. The fraction of sp³-hybridized carbons (Fsp3) is 0.769. The van der Waals surface area contributed by atoms with Crippen LogP contribution in [0.15, 0.2) is 6.20 Å². The van der Waals surface area contributed by atoms with E-state index in [1.165, 1.54) is 12.6 Å². The summed E-state index contributed by atoms with van der Waals surface area (Å²) in [5.74, 6) is -1.03. The van der Waals surface area contributed by atoms with Gasteiger partial charge in [-0.15, -0.1) is 5.10 Å². The molecule has 2 rings (SSSR count). The van der Waals surface area contributed by atoms with Gasteiger partial charge in [0.05, 0.1) is 12.7 Å². The first kappa shape index (κ1) is 14.9. The van der Waals surface area contributed by atoms with E-state index in [1.807, 2.05) is 0 Å². The van der Waals surface area contributed by atoms with Crippen molar-refractivity contribution >= 4 is 5.97 Å². The van der Waals surface area contributed by atoms with E-state index >= 15 is 0 Å². The van der Waals surface area contributed by atoms with Crippen molar-refractivity contribution in [3.63, 3.8) is 0 Å². The highest BCUT2D eigenvalue weighted by atomic mass is 16.4. The molecule has 0 bridgehead atoms. The molecule has 7 heteroatoms. The number of likely N-dealkylation sites (tertiary alicyclic amines) is 1. The topological polar surface area (TPSA) is 74.5 Å². The van der Waals surface area contributed by atoms with Gasteiger partial charge in [-0.1, -0.05) is 19.1 Å². The first-order valence-corrected chi connectivity index (χ1v) is 7.23. The van der Waals surface area contributed by atoms with Gasteiger partial charge in [0.25, 0.3) is 0 Å². The molecule has 1 atom stereocenters. The highest BCUT2D eigenvalue weighted by Gasteiger charge is 2.25. The number of aromatic carboxylic acids is 1. The first-order chi connectivity index (χ1) is 9.63. The minimum absolute atomic E-state index is 0.00689. The highest BCUT2D eigenvalue weighted by molar-refractivity contribution is 5.84. The number of carboxylic acid groups (broad SMARTS) is 1. The van der Waals surface area contributed by atoms with Crippen LogP contribution >= 0.6 is 0 Å². The molecule has 1 aromatic rings. The smallest absolute Gasteiger partial charge is 0.358 e. The van der Waals surface area contributed by atoms with Gasteiger partial charge in [0.15, 0.2) is 5.69 Å². The molecule has 7 nitrogen and oxygen atoms in total. The SMILES string of the molecule is CCN(CC)C1CCN(CCn2cc(C(=O)O)nn2)C1. The summed E-state index contributed by atoms with van der Waals surface area (Å²) >= 11 is 0. The number of rotatable bonds is 7. The van der Waals surface area contributed by atoms with Gasteiger partial charge in [-0.25, -0.2) is 4.79 Å². The van der Waals surface area contributed by atoms with E-state index in [0.717, 1.165) is 32.7 Å². The zero-order valence-corrected chi connectivity index (χ0v) is 12.2. The van der Waals surface area contributed by atoms with Crippen LogP contribution in [0.25, 0.3) is 0 Å². The van der Waals surface area contributed by atoms with Gasteiger partial charge >= 0.3 is 5.97 Å². The summed E-state index contributed by atoms with van der Waals surface area (Å²) in [4.78, 5) is 15.6. The van der Waals surface area contributed by atoms with Gasteiger partial charge in [0.1, 0.15) is 0 Å². The number of hydrogen-bond acceptors (Lipinski definition) is 5. The van der Waals surface area contributed by atoms with Gasteiger partial charge in [-0.3, -0.25) is 14.5 Å². The molecule has 1 unspecified atom stereocenters. The molecule has 1 N–H and O–H groups in total. The third kappa shape index (κ3) is 3.55. The lowest BCUT2D eigenvalue weighted by molar-refractivity contribution is 0.0690. The van der Waals surface area contributed by atoms with Crippen LogP contribution in [0.5, 0.6) is 0 Å². The number of likely N-dealkylation sites (N-methyl/N-ethyl adjacent to an activating group) is 1. The monoisotopic (exact) mass is 281 g/mol. The average Bonchev–Trinajstić information content (AvgIpc) is 3.07. The molecule has 2 heterocycles. The molecule has 0 saturated carbocycles. The van der Waals surface area contributed by atoms with Crippen molar-refractivity contribution in [3.8, 4) is 0 Å². The molecule has 1 aromatic heterocycles. The average molecular weight is 281 g/mol. The van der Waals surface area contributed by atoms with Crippen LogP contribution in [0.2, 0.25) is 0 Å².